The van der Waals surface area contributed by atoms with Crippen molar-refractivity contribution >= 4 is 23.7 Å². The van der Waals surface area contributed by atoms with E-state index in [-0.39, 0.29) is 23.9 Å². The summed E-state index contributed by atoms with van der Waals surface area (Å²) in [5, 5.41) is 14.7. The minimum absolute atomic E-state index is 0.0901. The quantitative estimate of drug-likeness (QED) is 0.274. The van der Waals surface area contributed by atoms with Crippen LogP contribution in [0.15, 0.2) is 34.9 Å². The molecule has 0 radical (unpaired) electrons. The first-order valence-electron chi connectivity index (χ1n) is 11.1. The van der Waals surface area contributed by atoms with Gasteiger partial charge in [-0.1, -0.05) is 11.6 Å². The summed E-state index contributed by atoms with van der Waals surface area (Å²) in [6.07, 6.45) is 9.04. The first kappa shape index (κ1) is 24.8. The lowest BCUT2D eigenvalue weighted by Gasteiger charge is -2.17. The van der Waals surface area contributed by atoms with E-state index >= 15 is 0 Å². The fraction of sp³-hybridized carbons (Fsp3) is 0.440. The number of cyclic esters (lactones) is 1. The van der Waals surface area contributed by atoms with Crippen molar-refractivity contribution in [2.45, 2.75) is 52.6 Å². The van der Waals surface area contributed by atoms with Gasteiger partial charge in [0, 0.05) is 36.5 Å². The van der Waals surface area contributed by atoms with E-state index in [0.29, 0.717) is 42.7 Å². The van der Waals surface area contributed by atoms with Crippen LogP contribution in [0.1, 0.15) is 59.7 Å². The normalized spacial score (nSPS) is 14.9. The summed E-state index contributed by atoms with van der Waals surface area (Å²) in [6, 6.07) is 0. The lowest BCUT2D eigenvalue weighted by Crippen LogP contribution is -2.13. The minimum atomic E-state index is -0.513. The number of thioether (sulfide) groups is 1. The first-order chi connectivity index (χ1) is 15.9. The molecule has 0 amide bonds. The molecular formula is C25H31NO6S. The number of aromatic hydroxyl groups is 1. The summed E-state index contributed by atoms with van der Waals surface area (Å²) in [4.78, 5) is 26.2. The Bertz CT molecular complexity index is 970. The molecule has 33 heavy (non-hydrogen) atoms. The summed E-state index contributed by atoms with van der Waals surface area (Å²) in [7, 11) is 1.54. The molecule has 0 aliphatic carbocycles. The Hall–Kier alpha value is -2.87. The summed E-state index contributed by atoms with van der Waals surface area (Å²) in [5.74, 6) is -0.260. The van der Waals surface area contributed by atoms with E-state index in [0.717, 1.165) is 30.5 Å². The molecule has 0 saturated carbocycles. The number of hydrogen-bond acceptors (Lipinski definition) is 8. The number of benzene rings is 1. The van der Waals surface area contributed by atoms with Crippen molar-refractivity contribution in [3.05, 3.63) is 57.1 Å². The van der Waals surface area contributed by atoms with Gasteiger partial charge in [0.25, 0.3) is 0 Å². The van der Waals surface area contributed by atoms with Crippen LogP contribution in [0.25, 0.3) is 0 Å². The number of unbranched alkanes of at least 4 members (excludes halogenated alkanes) is 1. The zero-order chi connectivity index (χ0) is 23.8. The Morgan fingerprint density at radius 2 is 2.03 bits per heavy atom. The summed E-state index contributed by atoms with van der Waals surface area (Å²) in [6.45, 7) is 5.26. The number of nitrogens with zero attached hydrogens (tertiary/aromatic N) is 1. The molecule has 0 atom stereocenters. The molecule has 0 unspecified atom stereocenters. The standard InChI is InChI=1S/C25H31NO6S/c1-17(7-9-21(27)31-13-5-4-10-26-11-14-33-15-12-26)6-8-19-23(28)22-20(16-32-25(22)29)18(2)24(19)30-3/h6,11-12,14-15,28H,4-5,7-10,13,16H2,1-3H3. The van der Waals surface area contributed by atoms with Crippen LogP contribution in [-0.4, -0.2) is 42.2 Å². The van der Waals surface area contributed by atoms with Crippen LogP contribution < -0.4 is 4.74 Å². The van der Waals surface area contributed by atoms with E-state index in [1.165, 1.54) is 0 Å². The van der Waals surface area contributed by atoms with Gasteiger partial charge in [-0.15, -0.1) is 11.8 Å². The van der Waals surface area contributed by atoms with E-state index in [4.69, 9.17) is 14.2 Å². The molecule has 7 nitrogen and oxygen atoms in total. The third-order valence-electron chi connectivity index (χ3n) is 5.76. The fourth-order valence-corrected chi connectivity index (χ4v) is 4.37. The molecule has 2 aliphatic heterocycles. The highest BCUT2D eigenvalue weighted by Gasteiger charge is 2.31. The van der Waals surface area contributed by atoms with Crippen molar-refractivity contribution < 1.29 is 28.9 Å². The molecular weight excluding hydrogens is 442 g/mol. The second-order valence-electron chi connectivity index (χ2n) is 8.04. The number of rotatable bonds is 11. The van der Waals surface area contributed by atoms with Gasteiger partial charge in [-0.05, 0) is 55.9 Å². The van der Waals surface area contributed by atoms with Crippen LogP contribution in [0.2, 0.25) is 0 Å². The Kier molecular flexibility index (Phi) is 8.88. The van der Waals surface area contributed by atoms with Crippen molar-refractivity contribution in [1.29, 1.82) is 0 Å². The van der Waals surface area contributed by atoms with Gasteiger partial charge in [-0.2, -0.15) is 0 Å². The Labute approximate surface area is 199 Å². The number of carbonyl (C=O) groups excluding carboxylic acids is 2. The topological polar surface area (TPSA) is 85.3 Å². The summed E-state index contributed by atoms with van der Waals surface area (Å²) in [5.41, 5.74) is 3.24. The largest absolute Gasteiger partial charge is 0.507 e. The molecule has 178 valence electrons. The predicted octanol–water partition coefficient (Wildman–Crippen LogP) is 4.96. The van der Waals surface area contributed by atoms with Gasteiger partial charge in [0.05, 0.1) is 13.7 Å². The average molecular weight is 474 g/mol. The second-order valence-corrected chi connectivity index (χ2v) is 8.86. The van der Waals surface area contributed by atoms with E-state index in [1.54, 1.807) is 18.9 Å². The smallest absolute Gasteiger partial charge is 0.342 e. The van der Waals surface area contributed by atoms with Crippen molar-refractivity contribution in [3.63, 3.8) is 0 Å². The third-order valence-corrected chi connectivity index (χ3v) is 6.32. The van der Waals surface area contributed by atoms with Crippen LogP contribution in [0, 0.1) is 6.92 Å². The molecule has 2 heterocycles. The number of phenols is 1. The van der Waals surface area contributed by atoms with Gasteiger partial charge in [-0.3, -0.25) is 4.79 Å². The molecule has 8 heteroatoms. The highest BCUT2D eigenvalue weighted by atomic mass is 32.2. The first-order valence-corrected chi connectivity index (χ1v) is 12.0. The maximum Gasteiger partial charge on any atom is 0.342 e. The van der Waals surface area contributed by atoms with Crippen LogP contribution in [0.5, 0.6) is 11.5 Å². The summed E-state index contributed by atoms with van der Waals surface area (Å²) < 4.78 is 15.9. The van der Waals surface area contributed by atoms with E-state index < -0.39 is 5.97 Å². The van der Waals surface area contributed by atoms with E-state index in [9.17, 15) is 14.7 Å². The number of fused-ring (bicyclic) bond motifs is 1. The Morgan fingerprint density at radius 1 is 1.27 bits per heavy atom. The van der Waals surface area contributed by atoms with Gasteiger partial charge in [0.1, 0.15) is 23.7 Å². The number of carbonyl (C=O) groups is 2. The highest BCUT2D eigenvalue weighted by Crippen LogP contribution is 2.42. The molecule has 2 aliphatic rings. The monoisotopic (exact) mass is 473 g/mol. The highest BCUT2D eigenvalue weighted by molar-refractivity contribution is 8.04. The van der Waals surface area contributed by atoms with Crippen molar-refractivity contribution in [2.24, 2.45) is 0 Å². The number of methoxy groups -OCH3 is 1. The number of allylic oxidation sites excluding steroid dienone is 2. The van der Waals surface area contributed by atoms with Gasteiger partial charge in [0.15, 0.2) is 0 Å². The molecule has 1 aromatic rings. The molecule has 0 aromatic heterocycles. The third kappa shape index (κ3) is 6.35. The number of ether oxygens (including phenoxy) is 3. The minimum Gasteiger partial charge on any atom is -0.507 e. The van der Waals surface area contributed by atoms with Crippen LogP contribution in [0.4, 0.5) is 0 Å². The molecule has 1 N–H and O–H groups in total. The number of phenolic OH excluding ortho intramolecular Hbond substituents is 1. The van der Waals surface area contributed by atoms with Crippen molar-refractivity contribution in [2.75, 3.05) is 20.3 Å². The van der Waals surface area contributed by atoms with Crippen LogP contribution >= 0.6 is 11.8 Å². The van der Waals surface area contributed by atoms with Gasteiger partial charge < -0.3 is 24.2 Å². The van der Waals surface area contributed by atoms with E-state index in [1.807, 2.05) is 43.1 Å². The molecule has 0 saturated heterocycles. The number of hydrogen-bond donors (Lipinski definition) is 1. The summed E-state index contributed by atoms with van der Waals surface area (Å²) >= 11 is 1.65. The molecule has 1 aromatic carbocycles. The second kappa shape index (κ2) is 11.8. The Morgan fingerprint density at radius 3 is 2.76 bits per heavy atom. The molecule has 0 fully saturated rings. The maximum absolute atomic E-state index is 12.1. The lowest BCUT2D eigenvalue weighted by atomic mass is 9.94. The zero-order valence-corrected chi connectivity index (χ0v) is 20.2. The Balaban J connectivity index is 1.45. The van der Waals surface area contributed by atoms with Crippen LogP contribution in [-0.2, 0) is 27.3 Å². The lowest BCUT2D eigenvalue weighted by molar-refractivity contribution is -0.143. The van der Waals surface area contributed by atoms with Crippen LogP contribution in [0.3, 0.4) is 0 Å². The SMILES string of the molecule is COc1c(C)c2c(c(O)c1CC=C(C)CCC(=O)OCCCCN1C=CSC=C1)C(=O)OC2. The molecule has 3 rings (SSSR count). The molecule has 0 bridgehead atoms. The van der Waals surface area contributed by atoms with Crippen molar-refractivity contribution in [3.8, 4) is 11.5 Å². The van der Waals surface area contributed by atoms with E-state index in [2.05, 4.69) is 4.90 Å². The van der Waals surface area contributed by atoms with Gasteiger partial charge in [0.2, 0.25) is 0 Å². The predicted molar refractivity (Wildman–Crippen MR) is 128 cm³/mol. The number of esters is 2. The van der Waals surface area contributed by atoms with Gasteiger partial charge >= 0.3 is 11.9 Å². The zero-order valence-electron chi connectivity index (χ0n) is 19.4. The maximum atomic E-state index is 12.1. The molecule has 0 spiro atoms. The van der Waals surface area contributed by atoms with Crippen molar-refractivity contribution in [1.82, 2.24) is 4.90 Å². The average Bonchev–Trinajstić information content (AvgIpc) is 3.21. The van der Waals surface area contributed by atoms with Gasteiger partial charge in [-0.25, -0.2) is 4.79 Å². The fourth-order valence-electron chi connectivity index (χ4n) is 3.83.